The Morgan fingerprint density at radius 3 is 1.97 bits per heavy atom. The maximum absolute atomic E-state index is 12.5. The maximum atomic E-state index is 12.5. The highest BCUT2D eigenvalue weighted by atomic mass is 16.4. The van der Waals surface area contributed by atoms with Gasteiger partial charge in [-0.1, -0.05) is 0 Å². The van der Waals surface area contributed by atoms with Crippen LogP contribution in [0.3, 0.4) is 0 Å². The van der Waals surface area contributed by atoms with Crippen LogP contribution in [0.15, 0.2) is 4.99 Å². The summed E-state index contributed by atoms with van der Waals surface area (Å²) in [6, 6.07) is -5.71. The number of aliphatic hydroxyl groups excluding tert-OH is 2. The van der Waals surface area contributed by atoms with Crippen LogP contribution in [0.5, 0.6) is 0 Å². The first kappa shape index (κ1) is 30.5. The minimum absolute atomic E-state index is 0.117. The van der Waals surface area contributed by atoms with Gasteiger partial charge in [0.05, 0.1) is 18.8 Å². The predicted octanol–water partition coefficient (Wildman–Crippen LogP) is -5.46. The molecule has 0 aliphatic carbocycles. The van der Waals surface area contributed by atoms with Gasteiger partial charge in [-0.15, -0.1) is 0 Å². The Kier molecular flexibility index (Phi) is 13.8. The van der Waals surface area contributed by atoms with Gasteiger partial charge >= 0.3 is 5.97 Å². The molecule has 0 saturated heterocycles. The molecule has 194 valence electrons. The lowest BCUT2D eigenvalue weighted by atomic mass is 10.1. The number of carboxylic acids is 1. The van der Waals surface area contributed by atoms with Gasteiger partial charge in [-0.3, -0.25) is 24.2 Å². The first-order valence-electron chi connectivity index (χ1n) is 10.3. The number of aliphatic imine (C=N–C) groups is 1. The number of rotatable bonds is 16. The molecule has 34 heavy (non-hydrogen) atoms. The zero-order chi connectivity index (χ0) is 26.4. The molecule has 5 unspecified atom stereocenters. The van der Waals surface area contributed by atoms with E-state index < -0.39 is 66.5 Å². The molecule has 0 fully saturated rings. The Morgan fingerprint density at radius 1 is 0.912 bits per heavy atom. The number of hydrogen-bond acceptors (Lipinski definition) is 9. The average Bonchev–Trinajstić information content (AvgIpc) is 2.74. The zero-order valence-electron chi connectivity index (χ0n) is 18.8. The van der Waals surface area contributed by atoms with Crippen LogP contribution in [0.25, 0.3) is 0 Å². The van der Waals surface area contributed by atoms with Crippen LogP contribution < -0.4 is 38.9 Å². The summed E-state index contributed by atoms with van der Waals surface area (Å²) in [5.74, 6) is -5.23. The summed E-state index contributed by atoms with van der Waals surface area (Å²) in [7, 11) is 0. The van der Waals surface area contributed by atoms with Gasteiger partial charge in [0.15, 0.2) is 5.96 Å². The topological polar surface area (TPSA) is 299 Å². The molecule has 0 radical (unpaired) electrons. The normalized spacial score (nSPS) is 15.1. The number of amides is 4. The van der Waals surface area contributed by atoms with E-state index in [9.17, 15) is 34.2 Å². The molecule has 14 N–H and O–H groups in total. The summed E-state index contributed by atoms with van der Waals surface area (Å²) >= 11 is 0. The summed E-state index contributed by atoms with van der Waals surface area (Å²) in [5, 5.41) is 35.0. The van der Waals surface area contributed by atoms with Gasteiger partial charge in [-0.05, 0) is 26.2 Å². The minimum Gasteiger partial charge on any atom is -0.480 e. The molecule has 0 aromatic heterocycles. The fourth-order valence-corrected chi connectivity index (χ4v) is 2.59. The van der Waals surface area contributed by atoms with Crippen molar-refractivity contribution in [2.75, 3.05) is 13.2 Å². The Balaban J connectivity index is 5.07. The van der Waals surface area contributed by atoms with E-state index >= 15 is 0 Å². The SMILES string of the molecule is CC(O)C(NC(=O)C(N)CCCN=C(N)N)C(=O)NC(CO)C(=O)NC(CCC(N)=O)C(=O)O. The highest BCUT2D eigenvalue weighted by Gasteiger charge is 2.32. The molecule has 0 rings (SSSR count). The van der Waals surface area contributed by atoms with Crippen molar-refractivity contribution >= 4 is 35.6 Å². The summed E-state index contributed by atoms with van der Waals surface area (Å²) in [6.45, 7) is 0.505. The second kappa shape index (κ2) is 15.4. The second-order valence-electron chi connectivity index (χ2n) is 7.43. The number of primary amides is 1. The number of carbonyl (C=O) groups excluding carboxylic acids is 4. The monoisotopic (exact) mass is 490 g/mol. The lowest BCUT2D eigenvalue weighted by Gasteiger charge is -2.25. The van der Waals surface area contributed by atoms with Crippen molar-refractivity contribution in [2.24, 2.45) is 27.9 Å². The molecule has 5 atom stereocenters. The number of carboxylic acid groups (broad SMARTS) is 1. The summed E-state index contributed by atoms with van der Waals surface area (Å²) in [4.78, 5) is 63.0. The molecule has 0 saturated carbocycles. The molecule has 0 bridgehead atoms. The van der Waals surface area contributed by atoms with Crippen LogP contribution in [-0.2, 0) is 24.0 Å². The molecule has 0 aromatic rings. The second-order valence-corrected chi connectivity index (χ2v) is 7.43. The summed E-state index contributed by atoms with van der Waals surface area (Å²) < 4.78 is 0. The van der Waals surface area contributed by atoms with E-state index in [0.717, 1.165) is 0 Å². The van der Waals surface area contributed by atoms with Crippen molar-refractivity contribution in [1.29, 1.82) is 0 Å². The van der Waals surface area contributed by atoms with Crippen LogP contribution in [0.1, 0.15) is 32.6 Å². The summed E-state index contributed by atoms with van der Waals surface area (Å²) in [6.07, 6.45) is -1.51. The van der Waals surface area contributed by atoms with E-state index in [2.05, 4.69) is 20.9 Å². The first-order valence-corrected chi connectivity index (χ1v) is 10.3. The van der Waals surface area contributed by atoms with Crippen LogP contribution in [0, 0.1) is 0 Å². The van der Waals surface area contributed by atoms with E-state index in [-0.39, 0.29) is 31.8 Å². The fraction of sp³-hybridized carbons (Fsp3) is 0.667. The van der Waals surface area contributed by atoms with Crippen LogP contribution >= 0.6 is 0 Å². The van der Waals surface area contributed by atoms with Crippen molar-refractivity contribution in [2.45, 2.75) is 62.9 Å². The number of hydrogen-bond donors (Lipinski definition) is 10. The molecule has 16 heteroatoms. The number of guanidine groups is 1. The average molecular weight is 491 g/mol. The highest BCUT2D eigenvalue weighted by Crippen LogP contribution is 2.02. The third-order valence-electron chi connectivity index (χ3n) is 4.48. The van der Waals surface area contributed by atoms with Gasteiger partial charge in [-0.25, -0.2) is 4.79 Å². The Bertz CT molecular complexity index is 756. The Labute approximate surface area is 195 Å². The van der Waals surface area contributed by atoms with E-state index in [1.165, 1.54) is 6.92 Å². The van der Waals surface area contributed by atoms with Crippen LogP contribution in [0.2, 0.25) is 0 Å². The van der Waals surface area contributed by atoms with Crippen molar-refractivity contribution in [3.8, 4) is 0 Å². The highest BCUT2D eigenvalue weighted by molar-refractivity contribution is 5.94. The third kappa shape index (κ3) is 11.9. The quantitative estimate of drug-likeness (QED) is 0.0552. The van der Waals surface area contributed by atoms with Gasteiger partial charge in [0.25, 0.3) is 0 Å². The van der Waals surface area contributed by atoms with Gasteiger partial charge in [0.2, 0.25) is 23.6 Å². The van der Waals surface area contributed by atoms with E-state index in [1.807, 2.05) is 0 Å². The summed E-state index contributed by atoms with van der Waals surface area (Å²) in [5.41, 5.74) is 21.1. The number of nitrogens with one attached hydrogen (secondary N) is 3. The number of aliphatic hydroxyl groups is 2. The molecule has 16 nitrogen and oxygen atoms in total. The molecule has 0 heterocycles. The maximum Gasteiger partial charge on any atom is 0.326 e. The lowest BCUT2D eigenvalue weighted by Crippen LogP contribution is -2.60. The van der Waals surface area contributed by atoms with Crippen LogP contribution in [-0.4, -0.2) is 94.3 Å². The minimum atomic E-state index is -1.62. The number of aliphatic carboxylic acids is 1. The van der Waals surface area contributed by atoms with Gasteiger partial charge in [0.1, 0.15) is 18.1 Å². The zero-order valence-corrected chi connectivity index (χ0v) is 18.8. The van der Waals surface area contributed by atoms with Crippen LogP contribution in [0.4, 0.5) is 0 Å². The number of carbonyl (C=O) groups is 5. The Hall–Kier alpha value is -3.50. The van der Waals surface area contributed by atoms with E-state index in [0.29, 0.717) is 6.42 Å². The smallest absolute Gasteiger partial charge is 0.326 e. The first-order chi connectivity index (χ1) is 15.8. The van der Waals surface area contributed by atoms with Crippen molar-refractivity contribution < 1.29 is 39.3 Å². The van der Waals surface area contributed by atoms with Gasteiger partial charge in [0, 0.05) is 13.0 Å². The standard InChI is InChI=1S/C18H34N8O8/c1-8(28)13(26-14(30)9(19)3-2-6-23-18(21)22)16(32)25-11(7-27)15(31)24-10(17(33)34)4-5-12(20)29/h8-11,13,27-28H,2-7,19H2,1H3,(H2,20,29)(H,24,31)(H,25,32)(H,26,30)(H,33,34)(H4,21,22,23). The number of nitrogens with two attached hydrogens (primary N) is 4. The van der Waals surface area contributed by atoms with Crippen molar-refractivity contribution in [3.05, 3.63) is 0 Å². The fourth-order valence-electron chi connectivity index (χ4n) is 2.59. The molecular weight excluding hydrogens is 456 g/mol. The predicted molar refractivity (Wildman–Crippen MR) is 119 cm³/mol. The van der Waals surface area contributed by atoms with Crippen molar-refractivity contribution in [3.63, 3.8) is 0 Å². The van der Waals surface area contributed by atoms with Gasteiger partial charge in [-0.2, -0.15) is 0 Å². The molecule has 0 aliphatic rings. The lowest BCUT2D eigenvalue weighted by molar-refractivity contribution is -0.143. The molecule has 4 amide bonds. The number of nitrogens with zero attached hydrogens (tertiary/aromatic N) is 1. The molecule has 0 spiro atoms. The van der Waals surface area contributed by atoms with E-state index in [4.69, 9.17) is 28.0 Å². The molecular formula is C18H34N8O8. The largest absolute Gasteiger partial charge is 0.480 e. The van der Waals surface area contributed by atoms with E-state index in [1.54, 1.807) is 0 Å². The third-order valence-corrected chi connectivity index (χ3v) is 4.48. The molecule has 0 aliphatic heterocycles. The molecule has 0 aromatic carbocycles. The van der Waals surface area contributed by atoms with Crippen molar-refractivity contribution in [1.82, 2.24) is 16.0 Å². The van der Waals surface area contributed by atoms with Gasteiger partial charge < -0.3 is 54.2 Å². The Morgan fingerprint density at radius 2 is 1.50 bits per heavy atom.